The molecule has 0 aliphatic heterocycles. The zero-order valence-electron chi connectivity index (χ0n) is 13.7. The number of ketones is 1. The summed E-state index contributed by atoms with van der Waals surface area (Å²) < 4.78 is 5.80. The van der Waals surface area contributed by atoms with Gasteiger partial charge in [0.1, 0.15) is 5.75 Å². The van der Waals surface area contributed by atoms with Gasteiger partial charge in [0, 0.05) is 6.42 Å². The van der Waals surface area contributed by atoms with E-state index in [0.29, 0.717) is 17.9 Å². The summed E-state index contributed by atoms with van der Waals surface area (Å²) >= 11 is 0. The highest BCUT2D eigenvalue weighted by molar-refractivity contribution is 5.96. The third kappa shape index (κ3) is 3.90. The number of Topliss-reactive ketones (excluding diaryl/α,β-unsaturated/α-hetero) is 1. The van der Waals surface area contributed by atoms with E-state index < -0.39 is 0 Å². The van der Waals surface area contributed by atoms with Crippen molar-refractivity contribution < 1.29 is 9.53 Å². The average molecular weight is 316 g/mol. The number of para-hydroxylation sites is 1. The Hall–Kier alpha value is -2.87. The van der Waals surface area contributed by atoms with E-state index in [9.17, 15) is 4.79 Å². The number of ether oxygens (including phenoxy) is 1. The van der Waals surface area contributed by atoms with Gasteiger partial charge in [-0.2, -0.15) is 0 Å². The minimum Gasteiger partial charge on any atom is -0.492 e. The lowest BCUT2D eigenvalue weighted by Crippen LogP contribution is -2.05. The van der Waals surface area contributed by atoms with Crippen molar-refractivity contribution in [2.45, 2.75) is 13.3 Å². The van der Waals surface area contributed by atoms with Crippen LogP contribution in [0.3, 0.4) is 0 Å². The van der Waals surface area contributed by atoms with Crippen molar-refractivity contribution in [3.63, 3.8) is 0 Å². The number of hydrogen-bond donors (Lipinski definition) is 0. The fraction of sp³-hybridized carbons (Fsp3) is 0.136. The van der Waals surface area contributed by atoms with E-state index in [4.69, 9.17) is 4.74 Å². The van der Waals surface area contributed by atoms with Crippen LogP contribution < -0.4 is 4.74 Å². The van der Waals surface area contributed by atoms with Crippen molar-refractivity contribution in [3.8, 4) is 16.9 Å². The third-order valence-electron chi connectivity index (χ3n) is 3.98. The summed E-state index contributed by atoms with van der Waals surface area (Å²) in [6.07, 6.45) is 0.807. The molecule has 0 N–H and O–H groups in total. The molecule has 0 bridgehead atoms. The van der Waals surface area contributed by atoms with E-state index in [1.165, 1.54) is 16.7 Å². The summed E-state index contributed by atoms with van der Waals surface area (Å²) in [6.45, 7) is 2.11. The number of hydrogen-bond acceptors (Lipinski definition) is 2. The number of benzene rings is 3. The molecule has 120 valence electrons. The highest BCUT2D eigenvalue weighted by Gasteiger charge is 2.07. The molecule has 0 aliphatic carbocycles. The Kier molecular flexibility index (Phi) is 5.07. The summed E-state index contributed by atoms with van der Waals surface area (Å²) in [5.74, 6) is 0.684. The van der Waals surface area contributed by atoms with E-state index in [1.54, 1.807) is 13.0 Å². The van der Waals surface area contributed by atoms with Gasteiger partial charge in [-0.3, -0.25) is 4.79 Å². The van der Waals surface area contributed by atoms with Crippen LogP contribution in [-0.2, 0) is 6.42 Å². The van der Waals surface area contributed by atoms with Crippen LogP contribution in [0.1, 0.15) is 22.8 Å². The van der Waals surface area contributed by atoms with Crippen LogP contribution in [-0.4, -0.2) is 12.4 Å². The lowest BCUT2D eigenvalue weighted by atomic mass is 10.0. The van der Waals surface area contributed by atoms with Crippen molar-refractivity contribution in [2.75, 3.05) is 6.61 Å². The maximum Gasteiger partial charge on any atom is 0.163 e. The predicted molar refractivity (Wildman–Crippen MR) is 97.5 cm³/mol. The van der Waals surface area contributed by atoms with Crippen molar-refractivity contribution in [1.29, 1.82) is 0 Å². The minimum absolute atomic E-state index is 0.0258. The quantitative estimate of drug-likeness (QED) is 0.586. The fourth-order valence-corrected chi connectivity index (χ4v) is 2.66. The molecule has 0 saturated heterocycles. The van der Waals surface area contributed by atoms with Crippen LogP contribution in [0.15, 0.2) is 78.9 Å². The van der Waals surface area contributed by atoms with Crippen molar-refractivity contribution in [2.24, 2.45) is 0 Å². The molecule has 0 atom stereocenters. The van der Waals surface area contributed by atoms with Gasteiger partial charge in [0.2, 0.25) is 0 Å². The van der Waals surface area contributed by atoms with Gasteiger partial charge in [-0.05, 0) is 35.7 Å². The molecular formula is C22H20O2. The number of rotatable bonds is 6. The van der Waals surface area contributed by atoms with Crippen LogP contribution >= 0.6 is 0 Å². The first-order valence-corrected chi connectivity index (χ1v) is 8.11. The van der Waals surface area contributed by atoms with Crippen LogP contribution in [0.5, 0.6) is 5.75 Å². The van der Waals surface area contributed by atoms with Gasteiger partial charge in [-0.15, -0.1) is 0 Å². The van der Waals surface area contributed by atoms with Gasteiger partial charge in [-0.1, -0.05) is 66.7 Å². The van der Waals surface area contributed by atoms with Crippen molar-refractivity contribution in [3.05, 3.63) is 90.0 Å². The minimum atomic E-state index is 0.0258. The summed E-state index contributed by atoms with van der Waals surface area (Å²) in [5, 5.41) is 0. The average Bonchev–Trinajstić information content (AvgIpc) is 2.63. The molecule has 2 nitrogen and oxygen atoms in total. The summed E-state index contributed by atoms with van der Waals surface area (Å²) in [5.41, 5.74) is 4.28. The Labute approximate surface area is 142 Å². The van der Waals surface area contributed by atoms with Gasteiger partial charge in [0.05, 0.1) is 12.2 Å². The molecule has 0 unspecified atom stereocenters. The normalized spacial score (nSPS) is 10.4. The molecule has 0 saturated carbocycles. The SMILES string of the molecule is CC(=O)c1ccccc1OCCc1ccc(-c2ccccc2)cc1. The first kappa shape index (κ1) is 16.0. The molecule has 0 amide bonds. The van der Waals surface area contributed by atoms with Gasteiger partial charge in [-0.25, -0.2) is 0 Å². The zero-order chi connectivity index (χ0) is 16.8. The van der Waals surface area contributed by atoms with Gasteiger partial charge in [0.25, 0.3) is 0 Å². The number of carbonyl (C=O) groups is 1. The Bertz CT molecular complexity index is 805. The van der Waals surface area contributed by atoms with Crippen molar-refractivity contribution >= 4 is 5.78 Å². The molecule has 3 aromatic carbocycles. The van der Waals surface area contributed by atoms with E-state index in [-0.39, 0.29) is 5.78 Å². The summed E-state index contributed by atoms with van der Waals surface area (Å²) in [7, 11) is 0. The molecular weight excluding hydrogens is 296 g/mol. The second-order valence-corrected chi connectivity index (χ2v) is 5.71. The molecule has 0 spiro atoms. The van der Waals surface area contributed by atoms with Crippen molar-refractivity contribution in [1.82, 2.24) is 0 Å². The second-order valence-electron chi connectivity index (χ2n) is 5.71. The van der Waals surface area contributed by atoms with E-state index in [0.717, 1.165) is 6.42 Å². The maximum absolute atomic E-state index is 11.6. The molecule has 0 aliphatic rings. The molecule has 24 heavy (non-hydrogen) atoms. The van der Waals surface area contributed by atoms with E-state index in [2.05, 4.69) is 36.4 Å². The lowest BCUT2D eigenvalue weighted by Gasteiger charge is -2.10. The highest BCUT2D eigenvalue weighted by Crippen LogP contribution is 2.21. The Morgan fingerprint density at radius 1 is 0.792 bits per heavy atom. The monoisotopic (exact) mass is 316 g/mol. The van der Waals surface area contributed by atoms with Crippen LogP contribution in [0.25, 0.3) is 11.1 Å². The molecule has 0 aromatic heterocycles. The highest BCUT2D eigenvalue weighted by atomic mass is 16.5. The molecule has 3 rings (SSSR count). The maximum atomic E-state index is 11.6. The van der Waals surface area contributed by atoms with Crippen LogP contribution in [0.4, 0.5) is 0 Å². The van der Waals surface area contributed by atoms with Gasteiger partial charge >= 0.3 is 0 Å². The topological polar surface area (TPSA) is 26.3 Å². The first-order valence-electron chi connectivity index (χ1n) is 8.11. The fourth-order valence-electron chi connectivity index (χ4n) is 2.66. The lowest BCUT2D eigenvalue weighted by molar-refractivity contribution is 0.101. The van der Waals surface area contributed by atoms with E-state index >= 15 is 0 Å². The predicted octanol–water partition coefficient (Wildman–Crippen LogP) is 5.18. The Morgan fingerprint density at radius 2 is 1.42 bits per heavy atom. The van der Waals surface area contributed by atoms with Crippen LogP contribution in [0, 0.1) is 0 Å². The molecule has 0 heterocycles. The Morgan fingerprint density at radius 3 is 2.12 bits per heavy atom. The Balaban J connectivity index is 1.61. The first-order chi connectivity index (χ1) is 11.7. The number of carbonyl (C=O) groups excluding carboxylic acids is 1. The molecule has 0 fully saturated rings. The largest absolute Gasteiger partial charge is 0.492 e. The standard InChI is InChI=1S/C22H20O2/c1-17(23)21-9-5-6-10-22(21)24-16-15-18-11-13-20(14-12-18)19-7-3-2-4-8-19/h2-14H,15-16H2,1H3. The van der Waals surface area contributed by atoms with Crippen LogP contribution in [0.2, 0.25) is 0 Å². The summed E-state index contributed by atoms with van der Waals surface area (Å²) in [6, 6.07) is 26.2. The third-order valence-corrected chi connectivity index (χ3v) is 3.98. The van der Waals surface area contributed by atoms with Gasteiger partial charge < -0.3 is 4.74 Å². The zero-order valence-corrected chi connectivity index (χ0v) is 13.7. The molecule has 0 radical (unpaired) electrons. The van der Waals surface area contributed by atoms with E-state index in [1.807, 2.05) is 36.4 Å². The van der Waals surface area contributed by atoms with Gasteiger partial charge in [0.15, 0.2) is 5.78 Å². The molecule has 3 aromatic rings. The summed E-state index contributed by atoms with van der Waals surface area (Å²) in [4.78, 5) is 11.6. The second kappa shape index (κ2) is 7.60. The smallest absolute Gasteiger partial charge is 0.163 e. The molecule has 2 heteroatoms.